The summed E-state index contributed by atoms with van der Waals surface area (Å²) in [6.45, 7) is 2.64. The van der Waals surface area contributed by atoms with Crippen LogP contribution in [-0.4, -0.2) is 12.2 Å². The lowest BCUT2D eigenvalue weighted by molar-refractivity contribution is 0.0741. The molecule has 0 radical (unpaired) electrons. The van der Waals surface area contributed by atoms with Crippen LogP contribution < -0.4 is 4.74 Å². The molecule has 15 heavy (non-hydrogen) atoms. The highest BCUT2D eigenvalue weighted by molar-refractivity contribution is 5.39. The third-order valence-electron chi connectivity index (χ3n) is 1.98. The fraction of sp³-hybridized carbons (Fsp3) is 0.400. The Bertz CT molecular complexity index is 383. The van der Waals surface area contributed by atoms with Crippen LogP contribution in [0.25, 0.3) is 0 Å². The first-order valence-corrected chi connectivity index (χ1v) is 4.23. The van der Waals surface area contributed by atoms with Crippen LogP contribution in [0.4, 0.5) is 13.2 Å². The van der Waals surface area contributed by atoms with Crippen LogP contribution in [0.15, 0.2) is 6.07 Å². The van der Waals surface area contributed by atoms with E-state index in [0.29, 0.717) is 0 Å². The zero-order chi connectivity index (χ0) is 11.8. The molecule has 0 aliphatic carbocycles. The Balaban J connectivity index is 3.53. The maximum atomic E-state index is 13.2. The van der Waals surface area contributed by atoms with Crippen LogP contribution in [0.3, 0.4) is 0 Å². The van der Waals surface area contributed by atoms with Crippen LogP contribution in [0.5, 0.6) is 5.75 Å². The highest BCUT2D eigenvalue weighted by Gasteiger charge is 2.27. The molecule has 0 unspecified atom stereocenters. The monoisotopic (exact) mass is 220 g/mol. The summed E-state index contributed by atoms with van der Waals surface area (Å²) in [4.78, 5) is 0. The molecule has 0 aliphatic rings. The second-order valence-electron chi connectivity index (χ2n) is 3.63. The number of methoxy groups -OCH3 is 1. The number of hydrogen-bond acceptors (Lipinski definition) is 2. The molecule has 0 fully saturated rings. The lowest BCUT2D eigenvalue weighted by atomic mass is 9.97. The molecular weight excluding hydrogens is 209 g/mol. The fourth-order valence-corrected chi connectivity index (χ4v) is 1.23. The van der Waals surface area contributed by atoms with Gasteiger partial charge in [0.1, 0.15) is 0 Å². The van der Waals surface area contributed by atoms with E-state index in [1.165, 1.54) is 13.8 Å². The van der Waals surface area contributed by atoms with E-state index in [1.54, 1.807) is 0 Å². The average Bonchev–Trinajstić information content (AvgIpc) is 2.12. The van der Waals surface area contributed by atoms with Gasteiger partial charge in [-0.3, -0.25) is 0 Å². The van der Waals surface area contributed by atoms with Crippen molar-refractivity contribution in [1.82, 2.24) is 0 Å². The van der Waals surface area contributed by atoms with Crippen molar-refractivity contribution in [3.63, 3.8) is 0 Å². The molecule has 1 rings (SSSR count). The maximum Gasteiger partial charge on any atom is 0.204 e. The number of halogens is 3. The molecule has 0 saturated heterocycles. The van der Waals surface area contributed by atoms with Gasteiger partial charge in [0.2, 0.25) is 5.82 Å². The lowest BCUT2D eigenvalue weighted by Gasteiger charge is -2.21. The van der Waals surface area contributed by atoms with Gasteiger partial charge in [0.25, 0.3) is 0 Å². The van der Waals surface area contributed by atoms with E-state index < -0.39 is 28.8 Å². The predicted octanol–water partition coefficient (Wildman–Crippen LogP) is 2.34. The summed E-state index contributed by atoms with van der Waals surface area (Å²) < 4.78 is 43.5. The van der Waals surface area contributed by atoms with Gasteiger partial charge in [0, 0.05) is 5.56 Å². The van der Waals surface area contributed by atoms with Gasteiger partial charge in [-0.2, -0.15) is 4.39 Å². The topological polar surface area (TPSA) is 29.5 Å². The number of aliphatic hydroxyl groups is 1. The van der Waals surface area contributed by atoms with E-state index in [2.05, 4.69) is 4.74 Å². The maximum absolute atomic E-state index is 13.2. The molecule has 0 saturated carbocycles. The summed E-state index contributed by atoms with van der Waals surface area (Å²) in [7, 11) is 1.12. The molecule has 2 nitrogen and oxygen atoms in total. The summed E-state index contributed by atoms with van der Waals surface area (Å²) in [5, 5.41) is 9.60. The summed E-state index contributed by atoms with van der Waals surface area (Å²) in [5.41, 5.74) is -1.65. The number of rotatable bonds is 2. The number of ether oxygens (including phenoxy) is 1. The van der Waals surface area contributed by atoms with Gasteiger partial charge >= 0.3 is 0 Å². The highest BCUT2D eigenvalue weighted by atomic mass is 19.2. The van der Waals surface area contributed by atoms with Crippen LogP contribution in [0.2, 0.25) is 0 Å². The molecule has 1 aromatic carbocycles. The number of hydrogen-bond donors (Lipinski definition) is 1. The SMILES string of the molecule is COc1c(C(C)(C)O)cc(F)c(F)c1F. The quantitative estimate of drug-likeness (QED) is 0.775. The summed E-state index contributed by atoms with van der Waals surface area (Å²) in [5.74, 6) is -4.89. The van der Waals surface area contributed by atoms with Gasteiger partial charge in [0.05, 0.1) is 12.7 Å². The van der Waals surface area contributed by atoms with Crippen LogP contribution in [0.1, 0.15) is 19.4 Å². The molecule has 5 heteroatoms. The molecule has 0 atom stereocenters. The minimum Gasteiger partial charge on any atom is -0.493 e. The minimum atomic E-state index is -1.61. The standard InChI is InChI=1S/C10H11F3O2/c1-10(2,14)5-4-6(11)7(12)8(13)9(5)15-3/h4,14H,1-3H3. The van der Waals surface area contributed by atoms with E-state index in [-0.39, 0.29) is 5.56 Å². The lowest BCUT2D eigenvalue weighted by Crippen LogP contribution is -2.18. The highest BCUT2D eigenvalue weighted by Crippen LogP contribution is 2.34. The van der Waals surface area contributed by atoms with Gasteiger partial charge in [-0.25, -0.2) is 8.78 Å². The predicted molar refractivity (Wildman–Crippen MR) is 48.1 cm³/mol. The van der Waals surface area contributed by atoms with E-state index in [9.17, 15) is 18.3 Å². The van der Waals surface area contributed by atoms with Gasteiger partial charge in [-0.05, 0) is 19.9 Å². The number of benzene rings is 1. The van der Waals surface area contributed by atoms with E-state index >= 15 is 0 Å². The van der Waals surface area contributed by atoms with Gasteiger partial charge < -0.3 is 9.84 Å². The van der Waals surface area contributed by atoms with E-state index in [0.717, 1.165) is 13.2 Å². The molecule has 1 N–H and O–H groups in total. The molecule has 0 amide bonds. The van der Waals surface area contributed by atoms with E-state index in [4.69, 9.17) is 0 Å². The Hall–Kier alpha value is -1.23. The normalized spacial score (nSPS) is 11.7. The summed E-state index contributed by atoms with van der Waals surface area (Å²) in [6.07, 6.45) is 0. The second kappa shape index (κ2) is 3.73. The van der Waals surface area contributed by atoms with Crippen molar-refractivity contribution in [2.24, 2.45) is 0 Å². The van der Waals surface area contributed by atoms with Crippen molar-refractivity contribution in [3.8, 4) is 5.75 Å². The van der Waals surface area contributed by atoms with Crippen LogP contribution in [0, 0.1) is 17.5 Å². The Kier molecular flexibility index (Phi) is 2.95. The van der Waals surface area contributed by atoms with Crippen LogP contribution in [-0.2, 0) is 5.60 Å². The Morgan fingerprint density at radius 2 is 1.73 bits per heavy atom. The van der Waals surface area contributed by atoms with Gasteiger partial charge in [0.15, 0.2) is 17.4 Å². The molecule has 0 bridgehead atoms. The minimum absolute atomic E-state index is 0.138. The molecule has 0 aromatic heterocycles. The van der Waals surface area contributed by atoms with Crippen molar-refractivity contribution in [2.75, 3.05) is 7.11 Å². The largest absolute Gasteiger partial charge is 0.493 e. The molecule has 0 heterocycles. The zero-order valence-electron chi connectivity index (χ0n) is 8.57. The van der Waals surface area contributed by atoms with Crippen molar-refractivity contribution < 1.29 is 23.0 Å². The third-order valence-corrected chi connectivity index (χ3v) is 1.98. The Morgan fingerprint density at radius 1 is 1.20 bits per heavy atom. The van der Waals surface area contributed by atoms with Crippen molar-refractivity contribution in [2.45, 2.75) is 19.4 Å². The molecule has 84 valence electrons. The first kappa shape index (κ1) is 11.8. The molecular formula is C10H11F3O2. The Labute approximate surface area is 85.3 Å². The smallest absolute Gasteiger partial charge is 0.204 e. The third kappa shape index (κ3) is 2.07. The summed E-state index contributed by atoms with van der Waals surface area (Å²) >= 11 is 0. The van der Waals surface area contributed by atoms with Crippen molar-refractivity contribution >= 4 is 0 Å². The van der Waals surface area contributed by atoms with Crippen molar-refractivity contribution in [1.29, 1.82) is 0 Å². The Morgan fingerprint density at radius 3 is 2.13 bits per heavy atom. The van der Waals surface area contributed by atoms with Gasteiger partial charge in [-0.15, -0.1) is 0 Å². The fourth-order valence-electron chi connectivity index (χ4n) is 1.23. The first-order chi connectivity index (χ1) is 6.79. The molecule has 0 aliphatic heterocycles. The zero-order valence-corrected chi connectivity index (χ0v) is 8.57. The average molecular weight is 220 g/mol. The summed E-state index contributed by atoms with van der Waals surface area (Å²) in [6, 6.07) is 0.719. The molecule has 1 aromatic rings. The molecule has 0 spiro atoms. The van der Waals surface area contributed by atoms with E-state index in [1.807, 2.05) is 0 Å². The first-order valence-electron chi connectivity index (χ1n) is 4.23. The van der Waals surface area contributed by atoms with Crippen LogP contribution >= 0.6 is 0 Å². The van der Waals surface area contributed by atoms with Crippen molar-refractivity contribution in [3.05, 3.63) is 29.1 Å². The second-order valence-corrected chi connectivity index (χ2v) is 3.63. The van der Waals surface area contributed by atoms with Gasteiger partial charge in [-0.1, -0.05) is 0 Å².